The number of β-lactam (4-membered cyclic amide) rings is 1. The molecule has 16 heteroatoms. The van der Waals surface area contributed by atoms with Gasteiger partial charge in [-0.3, -0.25) is 14.5 Å². The number of nitrogens with two attached hydrogens (primary N) is 1. The Morgan fingerprint density at radius 2 is 2.26 bits per heavy atom. The maximum Gasteiger partial charge on any atom is 0.352 e. The first-order chi connectivity index (χ1) is 18.3. The van der Waals surface area contributed by atoms with E-state index in [0.717, 1.165) is 17.2 Å². The van der Waals surface area contributed by atoms with Crippen LogP contribution in [0.4, 0.5) is 5.13 Å². The number of nitrogen functional groups attached to an aromatic ring is 1. The highest BCUT2D eigenvalue weighted by Crippen LogP contribution is 2.40. The first kappa shape index (κ1) is 25.2. The molecule has 0 spiro atoms. The minimum atomic E-state index is -1.24. The number of nitriles is 1. The van der Waals surface area contributed by atoms with Gasteiger partial charge in [0.15, 0.2) is 5.13 Å². The van der Waals surface area contributed by atoms with Crippen molar-refractivity contribution in [3.8, 4) is 6.07 Å². The Kier molecular flexibility index (Phi) is 6.70. The molecule has 1 fully saturated rings. The molecule has 0 aromatic carbocycles. The highest BCUT2D eigenvalue weighted by molar-refractivity contribution is 8.00. The second kappa shape index (κ2) is 10.1. The van der Waals surface area contributed by atoms with Gasteiger partial charge in [-0.1, -0.05) is 5.16 Å². The first-order valence-corrected chi connectivity index (χ1v) is 13.0. The summed E-state index contributed by atoms with van der Waals surface area (Å²) in [6.45, 7) is 2.10. The zero-order valence-electron chi connectivity index (χ0n) is 19.8. The van der Waals surface area contributed by atoms with Gasteiger partial charge in [0.2, 0.25) is 11.5 Å². The van der Waals surface area contributed by atoms with E-state index in [1.165, 1.54) is 16.7 Å². The number of carboxylic acid groups (broad SMARTS) is 1. The summed E-state index contributed by atoms with van der Waals surface area (Å²) in [5, 5.41) is 25.0. The third-order valence-electron chi connectivity index (χ3n) is 5.84. The molecule has 0 bridgehead atoms. The number of pyridine rings is 1. The quantitative estimate of drug-likeness (QED) is 0.144. The smallest absolute Gasteiger partial charge is 0.352 e. The minimum absolute atomic E-state index is 0.0366. The Bertz CT molecular complexity index is 1570. The average Bonchev–Trinajstić information content (AvgIpc) is 3.52. The van der Waals surface area contributed by atoms with Crippen molar-refractivity contribution in [3.05, 3.63) is 53.4 Å². The van der Waals surface area contributed by atoms with Gasteiger partial charge in [-0.15, -0.1) is 11.8 Å². The Balaban J connectivity index is 1.37. The summed E-state index contributed by atoms with van der Waals surface area (Å²) >= 11 is 2.22. The number of carboxylic acids is 1. The van der Waals surface area contributed by atoms with E-state index < -0.39 is 29.2 Å². The number of nitrogens with one attached hydrogen (secondary N) is 1. The lowest BCUT2D eigenvalue weighted by Gasteiger charge is -2.49. The molecule has 3 aromatic rings. The van der Waals surface area contributed by atoms with Gasteiger partial charge in [0.25, 0.3) is 17.5 Å². The van der Waals surface area contributed by atoms with Gasteiger partial charge in [0.1, 0.15) is 54.9 Å². The molecule has 0 radical (unpaired) electrons. The summed E-state index contributed by atoms with van der Waals surface area (Å²) in [7, 11) is 0. The standard InChI is InChI=1S/C22H19N9O5S2/c1-2-36-27-14(17-26-22(24)38-28-17)18(32)25-15-19(33)31-16(21(34)35)12(10-37-20(15)31)9-30-6-5-29-8-11(7-23)3-4-13(29)30/h3-6,8,15,20H,2,9-10H2,1H3,(H3-,24,25,26,28,32,34,35)/p+1/b27-14-/t15-,20-/m1/s1. The summed E-state index contributed by atoms with van der Waals surface area (Å²) in [4.78, 5) is 48.5. The average molecular weight is 555 g/mol. The molecule has 1 saturated heterocycles. The van der Waals surface area contributed by atoms with Gasteiger partial charge in [-0.25, -0.2) is 13.8 Å². The van der Waals surface area contributed by atoms with Crippen LogP contribution in [0.15, 0.2) is 47.1 Å². The zero-order chi connectivity index (χ0) is 27.0. The van der Waals surface area contributed by atoms with Gasteiger partial charge in [-0.05, 0) is 13.0 Å². The minimum Gasteiger partial charge on any atom is -0.477 e. The molecular formula is C22H20N9O5S2+. The largest absolute Gasteiger partial charge is 0.477 e. The number of carbonyl (C=O) groups is 3. The van der Waals surface area contributed by atoms with E-state index in [9.17, 15) is 19.5 Å². The number of aliphatic carboxylic acids is 1. The highest BCUT2D eigenvalue weighted by atomic mass is 32.2. The number of thioether (sulfide) groups is 1. The Hall–Kier alpha value is -4.49. The lowest BCUT2D eigenvalue weighted by Crippen LogP contribution is -2.71. The number of nitrogens with zero attached hydrogens (tertiary/aromatic N) is 7. The number of hydrogen-bond donors (Lipinski definition) is 3. The molecule has 5 rings (SSSR count). The molecule has 14 nitrogen and oxygen atoms in total. The van der Waals surface area contributed by atoms with Gasteiger partial charge in [0, 0.05) is 28.9 Å². The van der Waals surface area contributed by atoms with Crippen molar-refractivity contribution in [2.75, 3.05) is 18.1 Å². The van der Waals surface area contributed by atoms with E-state index in [2.05, 4.69) is 25.9 Å². The van der Waals surface area contributed by atoms with Crippen LogP contribution in [0.3, 0.4) is 0 Å². The molecule has 194 valence electrons. The van der Waals surface area contributed by atoms with Crippen molar-refractivity contribution in [1.82, 2.24) is 24.0 Å². The molecule has 38 heavy (non-hydrogen) atoms. The summed E-state index contributed by atoms with van der Waals surface area (Å²) in [5.74, 6) is -2.25. The fourth-order valence-electron chi connectivity index (χ4n) is 4.17. The topological polar surface area (TPSA) is 192 Å². The van der Waals surface area contributed by atoms with Crippen molar-refractivity contribution in [2.24, 2.45) is 5.16 Å². The van der Waals surface area contributed by atoms with Crippen LogP contribution in [-0.4, -0.2) is 71.0 Å². The monoisotopic (exact) mass is 554 g/mol. The molecule has 0 aliphatic carbocycles. The van der Waals surface area contributed by atoms with E-state index >= 15 is 0 Å². The van der Waals surface area contributed by atoms with Crippen molar-refractivity contribution in [2.45, 2.75) is 24.9 Å². The SMILES string of the molecule is CCO/N=C(\C(=O)N[C@@H]1C(=O)N2C(C(=O)O)=C(C[n+]3ccn4cc(C#N)ccc43)CS[C@H]12)c1nsc(N)n1. The predicted molar refractivity (Wildman–Crippen MR) is 134 cm³/mol. The van der Waals surface area contributed by atoms with E-state index in [0.29, 0.717) is 16.9 Å². The van der Waals surface area contributed by atoms with E-state index in [4.69, 9.17) is 15.8 Å². The van der Waals surface area contributed by atoms with Crippen LogP contribution in [-0.2, 0) is 25.8 Å². The third-order valence-corrected chi connectivity index (χ3v) is 7.72. The molecule has 2 atom stereocenters. The van der Waals surface area contributed by atoms with E-state index in [1.807, 2.05) is 4.57 Å². The normalized spacial score (nSPS) is 19.1. The molecule has 2 aliphatic rings. The van der Waals surface area contributed by atoms with E-state index in [-0.39, 0.29) is 35.5 Å². The fraction of sp³-hybridized carbons (Fsp3) is 0.273. The fourth-order valence-corrected chi connectivity index (χ4v) is 5.94. The Morgan fingerprint density at radius 3 is 2.95 bits per heavy atom. The van der Waals surface area contributed by atoms with Crippen LogP contribution >= 0.6 is 23.3 Å². The molecule has 0 saturated carbocycles. The van der Waals surface area contributed by atoms with E-state index in [1.54, 1.807) is 42.0 Å². The number of aromatic nitrogens is 4. The van der Waals surface area contributed by atoms with Crippen LogP contribution in [0, 0.1) is 11.3 Å². The first-order valence-electron chi connectivity index (χ1n) is 11.2. The number of amides is 2. The second-order valence-electron chi connectivity index (χ2n) is 8.15. The molecule has 3 aromatic heterocycles. The third kappa shape index (κ3) is 4.41. The Morgan fingerprint density at radius 1 is 1.45 bits per heavy atom. The highest BCUT2D eigenvalue weighted by Gasteiger charge is 2.54. The molecule has 2 aliphatic heterocycles. The van der Waals surface area contributed by atoms with Gasteiger partial charge in [0.05, 0.1) is 5.56 Å². The summed E-state index contributed by atoms with van der Waals surface area (Å²) in [6.07, 6.45) is 5.22. The van der Waals surface area contributed by atoms with Crippen LogP contribution < -0.4 is 15.6 Å². The molecule has 4 N–H and O–H groups in total. The van der Waals surface area contributed by atoms with Gasteiger partial charge < -0.3 is 21.0 Å². The maximum absolute atomic E-state index is 13.1. The van der Waals surface area contributed by atoms with Crippen molar-refractivity contribution in [3.63, 3.8) is 0 Å². The van der Waals surface area contributed by atoms with Crippen LogP contribution in [0.25, 0.3) is 5.65 Å². The number of hydrogen-bond acceptors (Lipinski definition) is 11. The number of rotatable bonds is 8. The lowest BCUT2D eigenvalue weighted by atomic mass is 10.0. The number of imidazole rings is 1. The number of fused-ring (bicyclic) bond motifs is 2. The number of oxime groups is 1. The van der Waals surface area contributed by atoms with Gasteiger partial charge >= 0.3 is 5.97 Å². The van der Waals surface area contributed by atoms with Crippen LogP contribution in [0.2, 0.25) is 0 Å². The lowest BCUT2D eigenvalue weighted by molar-refractivity contribution is -0.662. The number of carbonyl (C=O) groups excluding carboxylic acids is 2. The summed E-state index contributed by atoms with van der Waals surface area (Å²) < 4.78 is 7.59. The van der Waals surface area contributed by atoms with Gasteiger partial charge in [-0.2, -0.15) is 14.6 Å². The number of anilines is 1. The van der Waals surface area contributed by atoms with Crippen LogP contribution in [0.5, 0.6) is 0 Å². The van der Waals surface area contributed by atoms with Crippen molar-refractivity contribution in [1.29, 1.82) is 5.26 Å². The molecular weight excluding hydrogens is 534 g/mol. The summed E-state index contributed by atoms with van der Waals surface area (Å²) in [6, 6.07) is 4.55. The Labute approximate surface area is 223 Å². The zero-order valence-corrected chi connectivity index (χ0v) is 21.4. The summed E-state index contributed by atoms with van der Waals surface area (Å²) in [5.41, 5.74) is 7.06. The van der Waals surface area contributed by atoms with Crippen molar-refractivity contribution >= 4 is 57.6 Å². The van der Waals surface area contributed by atoms with Crippen molar-refractivity contribution < 1.29 is 28.9 Å². The molecule has 0 unspecified atom stereocenters. The maximum atomic E-state index is 13.1. The van der Waals surface area contributed by atoms with Crippen LogP contribution in [0.1, 0.15) is 18.3 Å². The second-order valence-corrected chi connectivity index (χ2v) is 10.0. The predicted octanol–water partition coefficient (Wildman–Crippen LogP) is -0.288. The molecule has 2 amide bonds. The molecule has 5 heterocycles.